The quantitative estimate of drug-likeness (QED) is 0.829. The second-order valence-corrected chi connectivity index (χ2v) is 4.86. The molecular formula is C13H17NO3. The van der Waals surface area contributed by atoms with E-state index >= 15 is 0 Å². The molecule has 17 heavy (non-hydrogen) atoms. The third-order valence-electron chi connectivity index (χ3n) is 3.46. The predicted octanol–water partition coefficient (Wildman–Crippen LogP) is 1.45. The molecule has 1 aliphatic heterocycles. The van der Waals surface area contributed by atoms with Crippen molar-refractivity contribution in [2.24, 2.45) is 5.92 Å². The van der Waals surface area contributed by atoms with Crippen LogP contribution in [0.5, 0.6) is 11.5 Å². The van der Waals surface area contributed by atoms with Crippen LogP contribution in [0.4, 0.5) is 0 Å². The monoisotopic (exact) mass is 235 g/mol. The lowest BCUT2D eigenvalue weighted by atomic mass is 10.1. The molecule has 0 radical (unpaired) electrons. The highest BCUT2D eigenvalue weighted by molar-refractivity contribution is 5.45. The number of hydrogen-bond donors (Lipinski definition) is 2. The molecule has 2 aliphatic rings. The molecule has 1 aliphatic carbocycles. The Morgan fingerprint density at radius 2 is 2.18 bits per heavy atom. The fraction of sp³-hybridized carbons (Fsp3) is 0.538. The van der Waals surface area contributed by atoms with Gasteiger partial charge in [-0.15, -0.1) is 0 Å². The Bertz CT molecular complexity index is 421. The Morgan fingerprint density at radius 1 is 1.41 bits per heavy atom. The number of fused-ring (bicyclic) bond motifs is 1. The lowest BCUT2D eigenvalue weighted by Gasteiger charge is -2.12. The highest BCUT2D eigenvalue weighted by atomic mass is 16.7. The van der Waals surface area contributed by atoms with Gasteiger partial charge in [-0.3, -0.25) is 0 Å². The topological polar surface area (TPSA) is 50.7 Å². The molecule has 4 heteroatoms. The third-order valence-corrected chi connectivity index (χ3v) is 3.46. The maximum absolute atomic E-state index is 10.1. The van der Waals surface area contributed by atoms with E-state index in [9.17, 15) is 5.11 Å². The molecule has 3 atom stereocenters. The number of aliphatic hydroxyl groups is 1. The Hall–Kier alpha value is -1.26. The molecule has 0 spiro atoms. The van der Waals surface area contributed by atoms with Crippen LogP contribution >= 0.6 is 0 Å². The maximum atomic E-state index is 10.1. The van der Waals surface area contributed by atoms with E-state index in [1.54, 1.807) is 0 Å². The summed E-state index contributed by atoms with van der Waals surface area (Å²) < 4.78 is 10.5. The molecule has 0 amide bonds. The van der Waals surface area contributed by atoms with E-state index in [0.717, 1.165) is 23.0 Å². The van der Waals surface area contributed by atoms with Gasteiger partial charge >= 0.3 is 0 Å². The first kappa shape index (κ1) is 10.9. The second-order valence-electron chi connectivity index (χ2n) is 4.86. The lowest BCUT2D eigenvalue weighted by Crippen LogP contribution is -2.24. The summed E-state index contributed by atoms with van der Waals surface area (Å²) in [5.74, 6) is 2.23. The van der Waals surface area contributed by atoms with Crippen LogP contribution in [-0.2, 0) is 0 Å². The second kappa shape index (κ2) is 4.20. The Balaban J connectivity index is 1.62. The summed E-state index contributed by atoms with van der Waals surface area (Å²) >= 11 is 0. The van der Waals surface area contributed by atoms with Gasteiger partial charge in [-0.1, -0.05) is 13.0 Å². The molecule has 1 heterocycles. The van der Waals surface area contributed by atoms with Crippen LogP contribution in [0.3, 0.4) is 0 Å². The van der Waals surface area contributed by atoms with Gasteiger partial charge < -0.3 is 19.9 Å². The van der Waals surface area contributed by atoms with Gasteiger partial charge in [0.25, 0.3) is 0 Å². The highest BCUT2D eigenvalue weighted by Crippen LogP contribution is 2.34. The summed E-state index contributed by atoms with van der Waals surface area (Å²) in [7, 11) is 0. The maximum Gasteiger partial charge on any atom is 0.231 e. The summed E-state index contributed by atoms with van der Waals surface area (Å²) in [6.45, 7) is 3.08. The molecule has 1 saturated carbocycles. The van der Waals surface area contributed by atoms with E-state index in [4.69, 9.17) is 9.47 Å². The van der Waals surface area contributed by atoms with E-state index < -0.39 is 6.10 Å². The molecule has 1 aromatic carbocycles. The fourth-order valence-electron chi connectivity index (χ4n) is 2.11. The number of aliphatic hydroxyl groups excluding tert-OH is 1. The Morgan fingerprint density at radius 3 is 2.94 bits per heavy atom. The molecular weight excluding hydrogens is 218 g/mol. The smallest absolute Gasteiger partial charge is 0.231 e. The van der Waals surface area contributed by atoms with Gasteiger partial charge in [-0.2, -0.15) is 0 Å². The lowest BCUT2D eigenvalue weighted by molar-refractivity contribution is 0.170. The van der Waals surface area contributed by atoms with Crippen molar-refractivity contribution in [2.75, 3.05) is 13.3 Å². The molecule has 1 fully saturated rings. The summed E-state index contributed by atoms with van der Waals surface area (Å²) in [5, 5.41) is 13.4. The molecule has 0 aromatic heterocycles. The third kappa shape index (κ3) is 2.23. The first-order chi connectivity index (χ1) is 8.24. The average molecular weight is 235 g/mol. The zero-order chi connectivity index (χ0) is 11.8. The van der Waals surface area contributed by atoms with Gasteiger partial charge in [0.2, 0.25) is 6.79 Å². The molecule has 3 unspecified atom stereocenters. The first-order valence-corrected chi connectivity index (χ1v) is 6.05. The van der Waals surface area contributed by atoms with Crippen LogP contribution in [0.25, 0.3) is 0 Å². The Labute approximate surface area is 101 Å². The van der Waals surface area contributed by atoms with Gasteiger partial charge in [0.1, 0.15) is 0 Å². The normalized spacial score (nSPS) is 26.9. The van der Waals surface area contributed by atoms with Crippen LogP contribution in [0.1, 0.15) is 25.0 Å². The van der Waals surface area contributed by atoms with Crippen LogP contribution in [0.2, 0.25) is 0 Å². The summed E-state index contributed by atoms with van der Waals surface area (Å²) in [6.07, 6.45) is 0.728. The molecule has 0 saturated heterocycles. The van der Waals surface area contributed by atoms with E-state index in [-0.39, 0.29) is 6.79 Å². The summed E-state index contributed by atoms with van der Waals surface area (Å²) in [5.41, 5.74) is 0.870. The molecule has 3 rings (SSSR count). The number of nitrogens with one attached hydrogen (secondary N) is 1. The molecule has 2 N–H and O–H groups in total. The zero-order valence-corrected chi connectivity index (χ0v) is 9.85. The number of rotatable bonds is 4. The highest BCUT2D eigenvalue weighted by Gasteiger charge is 2.32. The minimum Gasteiger partial charge on any atom is -0.454 e. The largest absolute Gasteiger partial charge is 0.454 e. The van der Waals surface area contributed by atoms with Crippen molar-refractivity contribution in [3.05, 3.63) is 23.8 Å². The first-order valence-electron chi connectivity index (χ1n) is 6.05. The van der Waals surface area contributed by atoms with Gasteiger partial charge in [-0.05, 0) is 30.0 Å². The van der Waals surface area contributed by atoms with Gasteiger partial charge in [0.05, 0.1) is 6.10 Å². The van der Waals surface area contributed by atoms with Gasteiger partial charge in [-0.25, -0.2) is 0 Å². The van der Waals surface area contributed by atoms with Gasteiger partial charge in [0.15, 0.2) is 11.5 Å². The van der Waals surface area contributed by atoms with Crippen LogP contribution in [0.15, 0.2) is 18.2 Å². The SMILES string of the molecule is CC1CC1NCC(O)c1ccc2c(c1)OCO2. The molecule has 92 valence electrons. The van der Waals surface area contributed by atoms with E-state index in [1.807, 2.05) is 18.2 Å². The van der Waals surface area contributed by atoms with E-state index in [2.05, 4.69) is 12.2 Å². The minimum absolute atomic E-state index is 0.271. The minimum atomic E-state index is -0.489. The van der Waals surface area contributed by atoms with Crippen molar-refractivity contribution in [3.63, 3.8) is 0 Å². The van der Waals surface area contributed by atoms with Crippen molar-refractivity contribution < 1.29 is 14.6 Å². The van der Waals surface area contributed by atoms with Crippen molar-refractivity contribution in [1.82, 2.24) is 5.32 Å². The molecule has 1 aromatic rings. The zero-order valence-electron chi connectivity index (χ0n) is 9.85. The number of hydrogen-bond acceptors (Lipinski definition) is 4. The Kier molecular flexibility index (Phi) is 2.68. The summed E-state index contributed by atoms with van der Waals surface area (Å²) in [4.78, 5) is 0. The van der Waals surface area contributed by atoms with Crippen molar-refractivity contribution in [1.29, 1.82) is 0 Å². The van der Waals surface area contributed by atoms with Crippen LogP contribution < -0.4 is 14.8 Å². The fourth-order valence-corrected chi connectivity index (χ4v) is 2.11. The van der Waals surface area contributed by atoms with E-state index in [0.29, 0.717) is 12.6 Å². The average Bonchev–Trinajstić information content (AvgIpc) is 2.86. The van der Waals surface area contributed by atoms with Crippen LogP contribution in [0, 0.1) is 5.92 Å². The standard InChI is InChI=1S/C13H17NO3/c1-8-4-10(8)14-6-11(15)9-2-3-12-13(5-9)17-7-16-12/h2-3,5,8,10-11,14-15H,4,6-7H2,1H3. The molecule has 4 nitrogen and oxygen atoms in total. The van der Waals surface area contributed by atoms with Crippen molar-refractivity contribution in [2.45, 2.75) is 25.5 Å². The van der Waals surface area contributed by atoms with Crippen molar-refractivity contribution in [3.8, 4) is 11.5 Å². The van der Waals surface area contributed by atoms with Crippen LogP contribution in [-0.4, -0.2) is 24.5 Å². The van der Waals surface area contributed by atoms with Gasteiger partial charge in [0, 0.05) is 12.6 Å². The molecule has 0 bridgehead atoms. The summed E-state index contributed by atoms with van der Waals surface area (Å²) in [6, 6.07) is 6.17. The number of benzene rings is 1. The number of ether oxygens (including phenoxy) is 2. The van der Waals surface area contributed by atoms with Crippen molar-refractivity contribution >= 4 is 0 Å². The predicted molar refractivity (Wildman–Crippen MR) is 63.1 cm³/mol. The van der Waals surface area contributed by atoms with E-state index in [1.165, 1.54) is 6.42 Å².